The molecule has 0 aliphatic rings. The summed E-state index contributed by atoms with van der Waals surface area (Å²) in [6.07, 6.45) is 0. The molecule has 0 aliphatic heterocycles. The van der Waals surface area contributed by atoms with Crippen molar-refractivity contribution >= 4 is 39.2 Å². The van der Waals surface area contributed by atoms with Gasteiger partial charge in [-0.2, -0.15) is 5.10 Å². The number of nitrogen functional groups attached to an aromatic ring is 1. The Balaban J connectivity index is 2.67. The van der Waals surface area contributed by atoms with Gasteiger partial charge in [-0.15, -0.1) is 0 Å². The summed E-state index contributed by atoms with van der Waals surface area (Å²) in [6, 6.07) is 7.69. The van der Waals surface area contributed by atoms with Gasteiger partial charge in [-0.05, 0) is 6.07 Å². The first-order valence-electron chi connectivity index (χ1n) is 4.45. The Labute approximate surface area is 90.1 Å². The van der Waals surface area contributed by atoms with Crippen LogP contribution in [0.5, 0.6) is 0 Å². The van der Waals surface area contributed by atoms with Crippen molar-refractivity contribution in [2.24, 2.45) is 0 Å². The van der Waals surface area contributed by atoms with E-state index < -0.39 is 0 Å². The second kappa shape index (κ2) is 2.84. The van der Waals surface area contributed by atoms with E-state index in [0.717, 1.165) is 16.3 Å². The maximum Gasteiger partial charge on any atom is 0.155 e. The number of hydrogen-bond acceptors (Lipinski definition) is 3. The number of fused-ring (bicyclic) bond motifs is 3. The standard InChI is InChI=1S/C10H7ClN4/c11-9-8-7(10(12)15-14-8)5-3-1-2-4-6(5)13-9/h1-4H,(H3,12,14,15). The zero-order valence-electron chi connectivity index (χ0n) is 7.66. The largest absolute Gasteiger partial charge is 0.382 e. The van der Waals surface area contributed by atoms with E-state index in [1.165, 1.54) is 0 Å². The summed E-state index contributed by atoms with van der Waals surface area (Å²) in [5.41, 5.74) is 7.29. The van der Waals surface area contributed by atoms with Gasteiger partial charge in [-0.1, -0.05) is 29.8 Å². The molecule has 0 spiro atoms. The monoisotopic (exact) mass is 218 g/mol. The topological polar surface area (TPSA) is 67.6 Å². The molecule has 3 rings (SSSR count). The highest BCUT2D eigenvalue weighted by molar-refractivity contribution is 6.35. The molecule has 3 aromatic rings. The van der Waals surface area contributed by atoms with Crippen molar-refractivity contribution in [1.29, 1.82) is 0 Å². The van der Waals surface area contributed by atoms with Crippen LogP contribution in [0.2, 0.25) is 5.15 Å². The summed E-state index contributed by atoms with van der Waals surface area (Å²) in [6.45, 7) is 0. The number of nitrogens with two attached hydrogens (primary N) is 1. The van der Waals surface area contributed by atoms with Crippen molar-refractivity contribution in [3.8, 4) is 0 Å². The lowest BCUT2D eigenvalue weighted by molar-refractivity contribution is 1.12. The number of nitrogens with one attached hydrogen (secondary N) is 1. The van der Waals surface area contributed by atoms with E-state index in [0.29, 0.717) is 16.5 Å². The van der Waals surface area contributed by atoms with Crippen LogP contribution in [-0.2, 0) is 0 Å². The van der Waals surface area contributed by atoms with Crippen molar-refractivity contribution in [2.45, 2.75) is 0 Å². The molecule has 0 radical (unpaired) electrons. The predicted molar refractivity (Wildman–Crippen MR) is 60.8 cm³/mol. The molecular weight excluding hydrogens is 212 g/mol. The van der Waals surface area contributed by atoms with Gasteiger partial charge in [0.25, 0.3) is 0 Å². The molecule has 1 aromatic carbocycles. The molecular formula is C10H7ClN4. The maximum absolute atomic E-state index is 6.01. The Kier molecular flexibility index (Phi) is 1.61. The fourth-order valence-corrected chi connectivity index (χ4v) is 1.95. The van der Waals surface area contributed by atoms with Gasteiger partial charge in [-0.25, -0.2) is 4.98 Å². The summed E-state index contributed by atoms with van der Waals surface area (Å²) in [4.78, 5) is 4.26. The number of aromatic amines is 1. The van der Waals surface area contributed by atoms with Crippen molar-refractivity contribution < 1.29 is 0 Å². The first kappa shape index (κ1) is 8.49. The summed E-state index contributed by atoms with van der Waals surface area (Å²) in [7, 11) is 0. The van der Waals surface area contributed by atoms with Crippen LogP contribution in [0.15, 0.2) is 24.3 Å². The number of halogens is 1. The van der Waals surface area contributed by atoms with Crippen molar-refractivity contribution in [2.75, 3.05) is 5.73 Å². The van der Waals surface area contributed by atoms with Gasteiger partial charge in [0.05, 0.1) is 10.9 Å². The number of para-hydroxylation sites is 1. The molecule has 0 unspecified atom stereocenters. The molecule has 2 heterocycles. The summed E-state index contributed by atoms with van der Waals surface area (Å²) < 4.78 is 0. The first-order valence-corrected chi connectivity index (χ1v) is 4.83. The molecule has 0 bridgehead atoms. The van der Waals surface area contributed by atoms with Crippen molar-refractivity contribution in [1.82, 2.24) is 15.2 Å². The van der Waals surface area contributed by atoms with E-state index in [9.17, 15) is 0 Å². The van der Waals surface area contributed by atoms with Gasteiger partial charge in [0.15, 0.2) is 11.0 Å². The van der Waals surface area contributed by atoms with E-state index in [1.807, 2.05) is 24.3 Å². The van der Waals surface area contributed by atoms with Crippen LogP contribution in [-0.4, -0.2) is 15.2 Å². The van der Waals surface area contributed by atoms with Gasteiger partial charge in [0, 0.05) is 5.39 Å². The highest BCUT2D eigenvalue weighted by atomic mass is 35.5. The lowest BCUT2D eigenvalue weighted by Gasteiger charge is -2.00. The van der Waals surface area contributed by atoms with Crippen molar-refractivity contribution in [3.05, 3.63) is 29.4 Å². The normalized spacial score (nSPS) is 11.3. The number of H-pyrrole nitrogens is 1. The van der Waals surface area contributed by atoms with E-state index in [-0.39, 0.29) is 0 Å². The number of benzene rings is 1. The number of aromatic nitrogens is 3. The van der Waals surface area contributed by atoms with E-state index in [1.54, 1.807) is 0 Å². The van der Waals surface area contributed by atoms with Crippen LogP contribution in [0.25, 0.3) is 21.8 Å². The molecule has 74 valence electrons. The average molecular weight is 219 g/mol. The third-order valence-corrected chi connectivity index (χ3v) is 2.67. The van der Waals surface area contributed by atoms with Gasteiger partial charge in [0.2, 0.25) is 0 Å². The molecule has 0 fully saturated rings. The SMILES string of the molecule is Nc1n[nH]c2c(Cl)nc3ccccc3c12. The van der Waals surface area contributed by atoms with E-state index in [2.05, 4.69) is 15.2 Å². The number of rotatable bonds is 0. The molecule has 0 amide bonds. The molecule has 0 saturated heterocycles. The predicted octanol–water partition coefficient (Wildman–Crippen LogP) is 2.35. The Morgan fingerprint density at radius 3 is 2.93 bits per heavy atom. The molecule has 2 aromatic heterocycles. The number of nitrogens with zero attached hydrogens (tertiary/aromatic N) is 2. The molecule has 15 heavy (non-hydrogen) atoms. The molecule has 3 N–H and O–H groups in total. The number of pyridine rings is 1. The van der Waals surface area contributed by atoms with Gasteiger partial charge in [-0.3, -0.25) is 5.10 Å². The molecule has 0 saturated carbocycles. The Morgan fingerprint density at radius 1 is 1.27 bits per heavy atom. The fraction of sp³-hybridized carbons (Fsp3) is 0. The Bertz CT molecular complexity index is 659. The molecule has 0 aliphatic carbocycles. The van der Waals surface area contributed by atoms with Gasteiger partial charge < -0.3 is 5.73 Å². The number of hydrogen-bond donors (Lipinski definition) is 2. The van der Waals surface area contributed by atoms with Crippen LogP contribution in [0.4, 0.5) is 5.82 Å². The molecule has 0 atom stereocenters. The quantitative estimate of drug-likeness (QED) is 0.569. The minimum Gasteiger partial charge on any atom is -0.382 e. The lowest BCUT2D eigenvalue weighted by atomic mass is 10.1. The van der Waals surface area contributed by atoms with Gasteiger partial charge in [0.1, 0.15) is 5.52 Å². The van der Waals surface area contributed by atoms with Gasteiger partial charge >= 0.3 is 0 Å². The van der Waals surface area contributed by atoms with Crippen LogP contribution in [0, 0.1) is 0 Å². The average Bonchev–Trinajstić information content (AvgIpc) is 2.62. The minimum absolute atomic E-state index is 0.396. The summed E-state index contributed by atoms with van der Waals surface area (Å²) in [5.74, 6) is 0.450. The van der Waals surface area contributed by atoms with Crippen LogP contribution in [0.3, 0.4) is 0 Å². The summed E-state index contributed by atoms with van der Waals surface area (Å²) >= 11 is 6.01. The van der Waals surface area contributed by atoms with Crippen molar-refractivity contribution in [3.63, 3.8) is 0 Å². The zero-order chi connectivity index (χ0) is 10.4. The first-order chi connectivity index (χ1) is 7.27. The Morgan fingerprint density at radius 2 is 2.07 bits per heavy atom. The summed E-state index contributed by atoms with van der Waals surface area (Å²) in [5, 5.41) is 8.91. The number of anilines is 1. The second-order valence-corrected chi connectivity index (χ2v) is 3.64. The smallest absolute Gasteiger partial charge is 0.155 e. The molecule has 5 heteroatoms. The zero-order valence-corrected chi connectivity index (χ0v) is 8.42. The molecule has 4 nitrogen and oxygen atoms in total. The minimum atomic E-state index is 0.396. The van der Waals surface area contributed by atoms with Crippen LogP contribution in [0.1, 0.15) is 0 Å². The maximum atomic E-state index is 6.01. The van der Waals surface area contributed by atoms with Crippen LogP contribution >= 0.6 is 11.6 Å². The Hall–Kier alpha value is -1.81. The van der Waals surface area contributed by atoms with Crippen LogP contribution < -0.4 is 5.73 Å². The van der Waals surface area contributed by atoms with E-state index >= 15 is 0 Å². The highest BCUT2D eigenvalue weighted by Gasteiger charge is 2.11. The third kappa shape index (κ3) is 1.08. The van der Waals surface area contributed by atoms with E-state index in [4.69, 9.17) is 17.3 Å². The third-order valence-electron chi connectivity index (χ3n) is 2.39. The lowest BCUT2D eigenvalue weighted by Crippen LogP contribution is -1.86. The highest BCUT2D eigenvalue weighted by Crippen LogP contribution is 2.30. The second-order valence-electron chi connectivity index (χ2n) is 3.28. The fourth-order valence-electron chi connectivity index (χ4n) is 1.72.